The number of carbonyl (C=O) groups is 2. The van der Waals surface area contributed by atoms with Crippen molar-refractivity contribution in [3.05, 3.63) is 101 Å². The first-order valence-electron chi connectivity index (χ1n) is 13.6. The van der Waals surface area contributed by atoms with Crippen LogP contribution in [0.15, 0.2) is 77.9 Å². The number of ether oxygens (including phenoxy) is 2. The summed E-state index contributed by atoms with van der Waals surface area (Å²) in [6, 6.07) is 18.1. The van der Waals surface area contributed by atoms with Gasteiger partial charge in [-0.05, 0) is 59.7 Å². The molecule has 1 saturated heterocycles. The number of nitrogens with zero attached hydrogens (tertiary/aromatic N) is 4. The van der Waals surface area contributed by atoms with Crippen LogP contribution in [-0.2, 0) is 9.53 Å². The van der Waals surface area contributed by atoms with E-state index in [1.807, 2.05) is 0 Å². The first kappa shape index (κ1) is 28.4. The van der Waals surface area contributed by atoms with E-state index in [0.717, 1.165) is 13.1 Å². The number of morpholine rings is 1. The molecular weight excluding hydrogens is 530 g/mol. The molecule has 10 heteroatoms. The van der Waals surface area contributed by atoms with E-state index in [4.69, 9.17) is 9.47 Å². The highest BCUT2D eigenvalue weighted by atomic mass is 19.1. The highest BCUT2D eigenvalue weighted by Crippen LogP contribution is 2.33. The fourth-order valence-corrected chi connectivity index (χ4v) is 4.99. The smallest absolute Gasteiger partial charge is 0.262 e. The Morgan fingerprint density at radius 3 is 2.22 bits per heavy atom. The predicted molar refractivity (Wildman–Crippen MR) is 150 cm³/mol. The maximum absolute atomic E-state index is 13.9. The number of amides is 2. The molecule has 0 bridgehead atoms. The van der Waals surface area contributed by atoms with Gasteiger partial charge in [0.05, 0.1) is 32.1 Å². The minimum Gasteiger partial charge on any atom is -0.497 e. The molecule has 3 aromatic carbocycles. The largest absolute Gasteiger partial charge is 0.497 e. The molecule has 2 heterocycles. The highest BCUT2D eigenvalue weighted by Gasteiger charge is 2.34. The van der Waals surface area contributed by atoms with Crippen LogP contribution in [0.4, 0.5) is 8.78 Å². The minimum absolute atomic E-state index is 0.201. The summed E-state index contributed by atoms with van der Waals surface area (Å²) < 4.78 is 37.9. The third kappa shape index (κ3) is 6.96. The van der Waals surface area contributed by atoms with Crippen LogP contribution >= 0.6 is 0 Å². The lowest BCUT2D eigenvalue weighted by Gasteiger charge is -2.31. The van der Waals surface area contributed by atoms with Crippen molar-refractivity contribution in [1.29, 1.82) is 0 Å². The standard InChI is InChI=1S/C31H32F2N4O4/c1-40-27-12-6-24(7-13-27)31(39)36(15-14-35-16-18-41-19-17-35)21-30(38)37-29(23-4-10-26(33)11-5-23)20-28(34-37)22-2-8-25(32)9-3-22/h2-13,29H,14-21H2,1H3. The summed E-state index contributed by atoms with van der Waals surface area (Å²) in [6.45, 7) is 3.47. The maximum atomic E-state index is 13.9. The van der Waals surface area contributed by atoms with Crippen molar-refractivity contribution in [3.63, 3.8) is 0 Å². The molecule has 0 aliphatic carbocycles. The Hall–Kier alpha value is -4.15. The topological polar surface area (TPSA) is 74.7 Å². The number of benzene rings is 3. The number of halogens is 2. The zero-order chi connectivity index (χ0) is 28.8. The summed E-state index contributed by atoms with van der Waals surface area (Å²) in [5.74, 6) is -0.791. The summed E-state index contributed by atoms with van der Waals surface area (Å²) in [5.41, 5.74) is 2.44. The van der Waals surface area contributed by atoms with E-state index in [2.05, 4.69) is 10.0 Å². The number of rotatable bonds is 9. The second kappa shape index (κ2) is 13.0. The molecule has 2 aliphatic rings. The molecule has 5 rings (SSSR count). The molecule has 1 atom stereocenters. The SMILES string of the molecule is COc1ccc(C(=O)N(CCN2CCOCC2)CC(=O)N2N=C(c3ccc(F)cc3)CC2c2ccc(F)cc2)cc1. The second-order valence-electron chi connectivity index (χ2n) is 9.97. The molecule has 0 N–H and O–H groups in total. The van der Waals surface area contributed by atoms with E-state index >= 15 is 0 Å². The van der Waals surface area contributed by atoms with E-state index in [1.54, 1.807) is 55.6 Å². The van der Waals surface area contributed by atoms with Gasteiger partial charge in [-0.25, -0.2) is 13.8 Å². The van der Waals surface area contributed by atoms with Gasteiger partial charge in [-0.3, -0.25) is 14.5 Å². The molecule has 0 spiro atoms. The van der Waals surface area contributed by atoms with Crippen LogP contribution in [0.2, 0.25) is 0 Å². The van der Waals surface area contributed by atoms with Crippen molar-refractivity contribution in [3.8, 4) is 5.75 Å². The van der Waals surface area contributed by atoms with Crippen LogP contribution in [0.5, 0.6) is 5.75 Å². The van der Waals surface area contributed by atoms with Gasteiger partial charge in [-0.2, -0.15) is 5.10 Å². The number of carbonyl (C=O) groups excluding carboxylic acids is 2. The summed E-state index contributed by atoms with van der Waals surface area (Å²) in [7, 11) is 1.55. The van der Waals surface area contributed by atoms with Gasteiger partial charge in [-0.15, -0.1) is 0 Å². The lowest BCUT2D eigenvalue weighted by atomic mass is 9.98. The fourth-order valence-electron chi connectivity index (χ4n) is 4.99. The van der Waals surface area contributed by atoms with Crippen molar-refractivity contribution in [2.24, 2.45) is 5.10 Å². The first-order valence-corrected chi connectivity index (χ1v) is 13.6. The van der Waals surface area contributed by atoms with Crippen molar-refractivity contribution in [2.75, 3.05) is 53.0 Å². The minimum atomic E-state index is -0.500. The van der Waals surface area contributed by atoms with Crippen LogP contribution in [0.3, 0.4) is 0 Å². The molecular formula is C31H32F2N4O4. The molecule has 1 unspecified atom stereocenters. The van der Waals surface area contributed by atoms with E-state index in [9.17, 15) is 18.4 Å². The first-order chi connectivity index (χ1) is 19.9. The Bertz CT molecular complexity index is 1370. The van der Waals surface area contributed by atoms with Crippen LogP contribution in [-0.4, -0.2) is 85.4 Å². The third-order valence-corrected chi connectivity index (χ3v) is 7.34. The molecule has 8 nitrogen and oxygen atoms in total. The lowest BCUT2D eigenvalue weighted by molar-refractivity contribution is -0.133. The van der Waals surface area contributed by atoms with E-state index in [-0.39, 0.29) is 30.0 Å². The summed E-state index contributed by atoms with van der Waals surface area (Å²) in [5, 5.41) is 6.00. The number of hydrogen-bond donors (Lipinski definition) is 0. The van der Waals surface area contributed by atoms with Gasteiger partial charge in [0.25, 0.3) is 11.8 Å². The number of hydrazone groups is 1. The van der Waals surface area contributed by atoms with Gasteiger partial charge >= 0.3 is 0 Å². The van der Waals surface area contributed by atoms with Gasteiger partial charge in [0.1, 0.15) is 23.9 Å². The Balaban J connectivity index is 1.40. The van der Waals surface area contributed by atoms with Gasteiger partial charge in [0, 0.05) is 38.2 Å². The van der Waals surface area contributed by atoms with Gasteiger partial charge in [-0.1, -0.05) is 24.3 Å². The zero-order valence-electron chi connectivity index (χ0n) is 22.8. The van der Waals surface area contributed by atoms with Crippen LogP contribution in [0.1, 0.15) is 33.9 Å². The van der Waals surface area contributed by atoms with Crippen molar-refractivity contribution in [1.82, 2.24) is 14.8 Å². The molecule has 3 aromatic rings. The van der Waals surface area contributed by atoms with E-state index < -0.39 is 6.04 Å². The van der Waals surface area contributed by atoms with Gasteiger partial charge in [0.15, 0.2) is 0 Å². The molecule has 0 radical (unpaired) electrons. The van der Waals surface area contributed by atoms with Gasteiger partial charge in [0.2, 0.25) is 0 Å². The molecule has 2 amide bonds. The average Bonchev–Trinajstić information content (AvgIpc) is 3.46. The lowest BCUT2D eigenvalue weighted by Crippen LogP contribution is -2.46. The normalized spacial score (nSPS) is 17.3. The second-order valence-corrected chi connectivity index (χ2v) is 9.97. The van der Waals surface area contributed by atoms with Crippen LogP contribution < -0.4 is 4.74 Å². The third-order valence-electron chi connectivity index (χ3n) is 7.34. The quantitative estimate of drug-likeness (QED) is 0.392. The molecule has 1 fully saturated rings. The highest BCUT2D eigenvalue weighted by molar-refractivity contribution is 6.03. The Morgan fingerprint density at radius 2 is 1.59 bits per heavy atom. The molecule has 2 aliphatic heterocycles. The molecule has 0 saturated carbocycles. The number of hydrogen-bond acceptors (Lipinski definition) is 6. The molecule has 214 valence electrons. The summed E-state index contributed by atoms with van der Waals surface area (Å²) in [6.07, 6.45) is 0.364. The Morgan fingerprint density at radius 1 is 0.951 bits per heavy atom. The average molecular weight is 563 g/mol. The monoisotopic (exact) mass is 562 g/mol. The predicted octanol–water partition coefficient (Wildman–Crippen LogP) is 4.13. The van der Waals surface area contributed by atoms with Crippen molar-refractivity contribution in [2.45, 2.75) is 12.5 Å². The van der Waals surface area contributed by atoms with E-state index in [1.165, 1.54) is 34.2 Å². The molecule has 0 aromatic heterocycles. The Kier molecular flexibility index (Phi) is 9.01. The zero-order valence-corrected chi connectivity index (χ0v) is 22.8. The van der Waals surface area contributed by atoms with E-state index in [0.29, 0.717) is 60.9 Å². The molecule has 41 heavy (non-hydrogen) atoms. The fraction of sp³-hybridized carbons (Fsp3) is 0.323. The van der Waals surface area contributed by atoms with Crippen LogP contribution in [0.25, 0.3) is 0 Å². The van der Waals surface area contributed by atoms with Crippen LogP contribution in [0, 0.1) is 11.6 Å². The van der Waals surface area contributed by atoms with Crippen molar-refractivity contribution >= 4 is 17.5 Å². The van der Waals surface area contributed by atoms with Gasteiger partial charge < -0.3 is 14.4 Å². The summed E-state index contributed by atoms with van der Waals surface area (Å²) >= 11 is 0. The Labute approximate surface area is 237 Å². The number of methoxy groups -OCH3 is 1. The van der Waals surface area contributed by atoms with Crippen molar-refractivity contribution < 1.29 is 27.8 Å². The maximum Gasteiger partial charge on any atom is 0.262 e. The summed E-state index contributed by atoms with van der Waals surface area (Å²) in [4.78, 5) is 31.2.